The average Bonchev–Trinajstić information content (AvgIpc) is 3.59. The van der Waals surface area contributed by atoms with Gasteiger partial charge in [-0.3, -0.25) is 34.2 Å². The SMILES string of the molecule is CC1(C)CN(Cc2ccc(NCCOCCOCCOCCOc3cccc4c3C(=O)N(C3CCC(=O)NC3=O)C4=O)cc2F)C(=O)C1Oc1ccc(C#N)c(C(F)(F)F)c1. The van der Waals surface area contributed by atoms with Crippen LogP contribution in [0.5, 0.6) is 11.5 Å². The van der Waals surface area contributed by atoms with E-state index in [1.165, 1.54) is 29.2 Å². The zero-order valence-corrected chi connectivity index (χ0v) is 33.3. The van der Waals surface area contributed by atoms with Gasteiger partial charge in [0.05, 0.1) is 68.0 Å². The molecule has 2 unspecified atom stereocenters. The predicted octanol–water partition coefficient (Wildman–Crippen LogP) is 4.47. The van der Waals surface area contributed by atoms with Gasteiger partial charge in [-0.15, -0.1) is 0 Å². The number of nitriles is 1. The van der Waals surface area contributed by atoms with Crippen LogP contribution in [-0.4, -0.2) is 111 Å². The number of piperidine rings is 1. The fraction of sp³-hybridized carbons (Fsp3) is 0.429. The van der Waals surface area contributed by atoms with Crippen LogP contribution in [0.25, 0.3) is 0 Å². The molecule has 0 radical (unpaired) electrons. The van der Waals surface area contributed by atoms with Crippen LogP contribution in [0.2, 0.25) is 0 Å². The summed E-state index contributed by atoms with van der Waals surface area (Å²) in [5.41, 5.74) is -1.63. The van der Waals surface area contributed by atoms with Gasteiger partial charge in [0.1, 0.15) is 30.0 Å². The van der Waals surface area contributed by atoms with Crippen LogP contribution in [-0.2, 0) is 41.3 Å². The molecular weight excluding hydrogens is 810 g/mol. The Labute approximate surface area is 347 Å². The molecule has 61 heavy (non-hydrogen) atoms. The molecule has 0 saturated carbocycles. The summed E-state index contributed by atoms with van der Waals surface area (Å²) in [7, 11) is 0. The molecule has 0 aromatic heterocycles. The second-order valence-electron chi connectivity index (χ2n) is 15.0. The van der Waals surface area contributed by atoms with Gasteiger partial charge >= 0.3 is 6.18 Å². The van der Waals surface area contributed by atoms with Crippen LogP contribution in [0, 0.1) is 22.6 Å². The number of hydrogen-bond acceptors (Lipinski definition) is 12. The van der Waals surface area contributed by atoms with Crippen LogP contribution < -0.4 is 20.1 Å². The molecule has 2 saturated heterocycles. The Hall–Kier alpha value is -6.10. The molecule has 324 valence electrons. The van der Waals surface area contributed by atoms with Gasteiger partial charge in [-0.1, -0.05) is 26.0 Å². The number of imide groups is 2. The molecule has 0 aliphatic carbocycles. The van der Waals surface area contributed by atoms with E-state index in [1.54, 1.807) is 38.1 Å². The van der Waals surface area contributed by atoms with Gasteiger partial charge in [0, 0.05) is 42.7 Å². The lowest BCUT2D eigenvalue weighted by Gasteiger charge is -2.27. The van der Waals surface area contributed by atoms with E-state index in [0.29, 0.717) is 38.1 Å². The minimum absolute atomic E-state index is 0.0187. The standard InChI is InChI=1S/C42H43F4N5O10/c1-41(2)24-50(40(56)36(41)61-28-9-7-25(22-47)30(21-28)42(44,45)46)23-26-6-8-27(20-31(26)43)48-12-13-57-14-15-58-16-17-59-18-19-60-33-5-3-4-29-35(33)39(55)51(38(29)54)32-10-11-34(52)49-37(32)53/h3-9,20-21,32,36,48H,10-19,23-24H2,1-2H3,(H,49,52,53). The summed E-state index contributed by atoms with van der Waals surface area (Å²) in [5.74, 6) is -3.52. The monoisotopic (exact) mass is 853 g/mol. The lowest BCUT2D eigenvalue weighted by Crippen LogP contribution is -2.54. The number of ether oxygens (including phenoxy) is 5. The number of nitrogens with one attached hydrogen (secondary N) is 2. The average molecular weight is 854 g/mol. The zero-order valence-electron chi connectivity index (χ0n) is 33.3. The van der Waals surface area contributed by atoms with Crippen LogP contribution in [0.15, 0.2) is 54.6 Å². The van der Waals surface area contributed by atoms with E-state index < -0.39 is 70.2 Å². The molecule has 2 atom stereocenters. The smallest absolute Gasteiger partial charge is 0.417 e. The van der Waals surface area contributed by atoms with Gasteiger partial charge in [-0.2, -0.15) is 18.4 Å². The Kier molecular flexibility index (Phi) is 13.9. The number of alkyl halides is 3. The highest BCUT2D eigenvalue weighted by atomic mass is 19.4. The maximum atomic E-state index is 15.1. The first-order valence-electron chi connectivity index (χ1n) is 19.4. The van der Waals surface area contributed by atoms with E-state index in [4.69, 9.17) is 28.9 Å². The maximum Gasteiger partial charge on any atom is 0.417 e. The van der Waals surface area contributed by atoms with Crippen molar-refractivity contribution >= 4 is 35.2 Å². The van der Waals surface area contributed by atoms with Crippen LogP contribution in [0.1, 0.15) is 64.1 Å². The van der Waals surface area contributed by atoms with Gasteiger partial charge in [-0.25, -0.2) is 4.39 Å². The molecule has 0 bridgehead atoms. The van der Waals surface area contributed by atoms with E-state index in [0.717, 1.165) is 11.0 Å². The first-order chi connectivity index (χ1) is 29.1. The quantitative estimate of drug-likeness (QED) is 0.0981. The van der Waals surface area contributed by atoms with Gasteiger partial charge in [0.25, 0.3) is 17.7 Å². The van der Waals surface area contributed by atoms with E-state index in [9.17, 15) is 37.1 Å². The summed E-state index contributed by atoms with van der Waals surface area (Å²) < 4.78 is 83.6. The number of amides is 5. The summed E-state index contributed by atoms with van der Waals surface area (Å²) >= 11 is 0. The molecule has 2 N–H and O–H groups in total. The number of benzene rings is 3. The van der Waals surface area contributed by atoms with Crippen molar-refractivity contribution in [2.75, 3.05) is 64.7 Å². The Morgan fingerprint density at radius 2 is 1.61 bits per heavy atom. The van der Waals surface area contributed by atoms with Crippen LogP contribution in [0.3, 0.4) is 0 Å². The first-order valence-corrected chi connectivity index (χ1v) is 19.4. The molecule has 3 aromatic rings. The fourth-order valence-corrected chi connectivity index (χ4v) is 7.18. The number of carbonyl (C=O) groups excluding carboxylic acids is 5. The molecule has 6 rings (SSSR count). The number of hydrogen-bond donors (Lipinski definition) is 2. The number of anilines is 1. The minimum Gasteiger partial charge on any atom is -0.490 e. The number of nitrogens with zero attached hydrogens (tertiary/aromatic N) is 3. The summed E-state index contributed by atoms with van der Waals surface area (Å²) in [5, 5.41) is 14.3. The van der Waals surface area contributed by atoms with Crippen molar-refractivity contribution in [3.8, 4) is 17.6 Å². The molecule has 3 aliphatic heterocycles. The molecule has 5 amide bonds. The molecule has 19 heteroatoms. The Morgan fingerprint density at radius 1 is 0.902 bits per heavy atom. The molecule has 3 aromatic carbocycles. The highest BCUT2D eigenvalue weighted by Crippen LogP contribution is 2.39. The summed E-state index contributed by atoms with van der Waals surface area (Å²) in [6.45, 7) is 5.57. The molecule has 15 nitrogen and oxygen atoms in total. The van der Waals surface area contributed by atoms with Crippen molar-refractivity contribution in [2.24, 2.45) is 5.41 Å². The third-order valence-corrected chi connectivity index (χ3v) is 10.2. The largest absolute Gasteiger partial charge is 0.490 e. The molecule has 0 spiro atoms. The van der Waals surface area contributed by atoms with Gasteiger partial charge in [0.2, 0.25) is 11.8 Å². The lowest BCUT2D eigenvalue weighted by molar-refractivity contribution is -0.138. The van der Waals surface area contributed by atoms with Crippen molar-refractivity contribution in [3.63, 3.8) is 0 Å². The molecule has 3 aliphatic rings. The van der Waals surface area contributed by atoms with E-state index in [2.05, 4.69) is 10.6 Å². The third-order valence-electron chi connectivity index (χ3n) is 10.2. The summed E-state index contributed by atoms with van der Waals surface area (Å²) in [6.07, 6.45) is -5.85. The second kappa shape index (κ2) is 19.1. The zero-order chi connectivity index (χ0) is 43.9. The topological polar surface area (TPSA) is 186 Å². The normalized spacial score (nSPS) is 18.6. The van der Waals surface area contributed by atoms with Gasteiger partial charge in [-0.05, 0) is 48.9 Å². The van der Waals surface area contributed by atoms with Gasteiger partial charge < -0.3 is 33.9 Å². The van der Waals surface area contributed by atoms with Crippen LogP contribution in [0.4, 0.5) is 23.2 Å². The summed E-state index contributed by atoms with van der Waals surface area (Å²) in [4.78, 5) is 65.6. The first kappa shape index (κ1) is 44.5. The molecular formula is C42H43F4N5O10. The van der Waals surface area contributed by atoms with Crippen LogP contribution >= 0.6 is 0 Å². The molecule has 2 fully saturated rings. The van der Waals surface area contributed by atoms with Crippen molar-refractivity contribution in [1.82, 2.24) is 15.1 Å². The van der Waals surface area contributed by atoms with Gasteiger partial charge in [0.15, 0.2) is 6.10 Å². The highest BCUT2D eigenvalue weighted by Gasteiger charge is 2.49. The van der Waals surface area contributed by atoms with E-state index >= 15 is 4.39 Å². The van der Waals surface area contributed by atoms with E-state index in [-0.39, 0.29) is 80.5 Å². The maximum absolute atomic E-state index is 15.1. The fourth-order valence-electron chi connectivity index (χ4n) is 7.18. The van der Waals surface area contributed by atoms with E-state index in [1.807, 2.05) is 0 Å². The van der Waals surface area contributed by atoms with Crippen molar-refractivity contribution in [1.29, 1.82) is 5.26 Å². The van der Waals surface area contributed by atoms with Crippen molar-refractivity contribution in [3.05, 3.63) is 88.2 Å². The van der Waals surface area contributed by atoms with Crippen molar-refractivity contribution in [2.45, 2.75) is 51.6 Å². The Morgan fingerprint density at radius 3 is 2.28 bits per heavy atom. The highest BCUT2D eigenvalue weighted by molar-refractivity contribution is 6.24. The number of fused-ring (bicyclic) bond motifs is 1. The number of rotatable bonds is 19. The lowest BCUT2D eigenvalue weighted by atomic mass is 9.89. The third kappa shape index (κ3) is 10.4. The number of likely N-dealkylation sites (tertiary alicyclic amines) is 1. The number of carbonyl (C=O) groups is 5. The minimum atomic E-state index is -4.79. The second-order valence-corrected chi connectivity index (χ2v) is 15.0. The molecule has 3 heterocycles. The Balaban J connectivity index is 0.837. The predicted molar refractivity (Wildman–Crippen MR) is 206 cm³/mol. The van der Waals surface area contributed by atoms with Crippen molar-refractivity contribution < 1.29 is 65.2 Å². The Bertz CT molecular complexity index is 2210. The summed E-state index contributed by atoms with van der Waals surface area (Å²) in [6, 6.07) is 12.4. The number of halogens is 4.